The van der Waals surface area contributed by atoms with Gasteiger partial charge in [-0.2, -0.15) is 23.5 Å². The molecule has 68 valence electrons. The standard InChI is InChI=1S/C8H19NS2/c1-8(6-9)7-11-5-3-4-10-2/h8H,3-7,9H2,1-2H3. The molecule has 0 saturated carbocycles. The Morgan fingerprint density at radius 3 is 2.64 bits per heavy atom. The van der Waals surface area contributed by atoms with Crippen molar-refractivity contribution in [3.8, 4) is 0 Å². The maximum Gasteiger partial charge on any atom is -0.00297 e. The lowest BCUT2D eigenvalue weighted by molar-refractivity contribution is 0.675. The molecule has 0 saturated heterocycles. The predicted molar refractivity (Wildman–Crippen MR) is 58.5 cm³/mol. The van der Waals surface area contributed by atoms with Gasteiger partial charge in [0.05, 0.1) is 0 Å². The van der Waals surface area contributed by atoms with Gasteiger partial charge >= 0.3 is 0 Å². The summed E-state index contributed by atoms with van der Waals surface area (Å²) in [4.78, 5) is 0. The van der Waals surface area contributed by atoms with Crippen LogP contribution in [-0.2, 0) is 0 Å². The summed E-state index contributed by atoms with van der Waals surface area (Å²) in [6.07, 6.45) is 3.50. The van der Waals surface area contributed by atoms with Gasteiger partial charge in [0.2, 0.25) is 0 Å². The molecule has 0 radical (unpaired) electrons. The summed E-state index contributed by atoms with van der Waals surface area (Å²) in [6.45, 7) is 3.04. The van der Waals surface area contributed by atoms with E-state index in [2.05, 4.69) is 13.2 Å². The molecular formula is C8H19NS2. The second kappa shape index (κ2) is 8.75. The lowest BCUT2D eigenvalue weighted by Crippen LogP contribution is -2.12. The number of hydrogen-bond donors (Lipinski definition) is 1. The first kappa shape index (κ1) is 11.7. The first-order valence-corrected chi connectivity index (χ1v) is 6.62. The van der Waals surface area contributed by atoms with Gasteiger partial charge < -0.3 is 5.73 Å². The van der Waals surface area contributed by atoms with Crippen LogP contribution >= 0.6 is 23.5 Å². The fraction of sp³-hybridized carbons (Fsp3) is 1.00. The van der Waals surface area contributed by atoms with E-state index in [4.69, 9.17) is 5.73 Å². The molecule has 0 amide bonds. The van der Waals surface area contributed by atoms with Gasteiger partial charge in [-0.05, 0) is 42.4 Å². The van der Waals surface area contributed by atoms with Crippen LogP contribution < -0.4 is 5.73 Å². The van der Waals surface area contributed by atoms with Gasteiger partial charge in [0, 0.05) is 0 Å². The minimum absolute atomic E-state index is 0.689. The molecule has 0 rings (SSSR count). The van der Waals surface area contributed by atoms with Gasteiger partial charge in [0.25, 0.3) is 0 Å². The highest BCUT2D eigenvalue weighted by molar-refractivity contribution is 7.99. The molecule has 0 aliphatic carbocycles. The first-order valence-electron chi connectivity index (χ1n) is 4.08. The molecule has 0 bridgehead atoms. The van der Waals surface area contributed by atoms with Gasteiger partial charge in [-0.15, -0.1) is 0 Å². The van der Waals surface area contributed by atoms with E-state index in [1.807, 2.05) is 23.5 Å². The molecule has 0 aromatic heterocycles. The molecule has 1 atom stereocenters. The molecule has 11 heavy (non-hydrogen) atoms. The van der Waals surface area contributed by atoms with E-state index in [0.717, 1.165) is 6.54 Å². The topological polar surface area (TPSA) is 26.0 Å². The first-order chi connectivity index (χ1) is 5.31. The molecular weight excluding hydrogens is 174 g/mol. The highest BCUT2D eigenvalue weighted by Crippen LogP contribution is 2.09. The van der Waals surface area contributed by atoms with Crippen LogP contribution in [-0.4, -0.2) is 30.1 Å². The smallest absolute Gasteiger partial charge is 0.00297 e. The van der Waals surface area contributed by atoms with E-state index in [-0.39, 0.29) is 0 Å². The molecule has 0 aromatic rings. The maximum absolute atomic E-state index is 5.50. The fourth-order valence-electron chi connectivity index (χ4n) is 0.658. The average Bonchev–Trinajstić information content (AvgIpc) is 2.04. The van der Waals surface area contributed by atoms with Crippen molar-refractivity contribution in [1.29, 1.82) is 0 Å². The third-order valence-electron chi connectivity index (χ3n) is 1.44. The molecule has 0 fully saturated rings. The molecule has 0 aliphatic heterocycles. The largest absolute Gasteiger partial charge is 0.330 e. The van der Waals surface area contributed by atoms with Gasteiger partial charge in [-0.3, -0.25) is 0 Å². The van der Waals surface area contributed by atoms with Crippen LogP contribution in [0.5, 0.6) is 0 Å². The zero-order valence-electron chi connectivity index (χ0n) is 7.51. The molecule has 0 spiro atoms. The molecule has 1 nitrogen and oxygen atoms in total. The summed E-state index contributed by atoms with van der Waals surface area (Å²) < 4.78 is 0. The van der Waals surface area contributed by atoms with Crippen molar-refractivity contribution in [2.24, 2.45) is 11.7 Å². The van der Waals surface area contributed by atoms with Crippen molar-refractivity contribution in [3.63, 3.8) is 0 Å². The van der Waals surface area contributed by atoms with Crippen molar-refractivity contribution in [2.75, 3.05) is 30.1 Å². The van der Waals surface area contributed by atoms with Gasteiger partial charge in [-0.1, -0.05) is 6.92 Å². The summed E-state index contributed by atoms with van der Waals surface area (Å²) in [5, 5.41) is 0. The highest BCUT2D eigenvalue weighted by Gasteiger charge is 1.97. The van der Waals surface area contributed by atoms with Crippen molar-refractivity contribution in [2.45, 2.75) is 13.3 Å². The zero-order valence-corrected chi connectivity index (χ0v) is 9.14. The third-order valence-corrected chi connectivity index (χ3v) is 3.52. The Bertz CT molecular complexity index is 78.5. The van der Waals surface area contributed by atoms with E-state index in [1.165, 1.54) is 23.7 Å². The average molecular weight is 193 g/mol. The van der Waals surface area contributed by atoms with Gasteiger partial charge in [0.1, 0.15) is 0 Å². The molecule has 1 unspecified atom stereocenters. The number of thioether (sulfide) groups is 2. The SMILES string of the molecule is CSCCCSCC(C)CN. The minimum Gasteiger partial charge on any atom is -0.330 e. The van der Waals surface area contributed by atoms with Crippen molar-refractivity contribution < 1.29 is 0 Å². The second-order valence-electron chi connectivity index (χ2n) is 2.76. The summed E-state index contributed by atoms with van der Waals surface area (Å²) in [6, 6.07) is 0. The summed E-state index contributed by atoms with van der Waals surface area (Å²) in [7, 11) is 0. The van der Waals surface area contributed by atoms with Crippen LogP contribution in [0.15, 0.2) is 0 Å². The van der Waals surface area contributed by atoms with Crippen molar-refractivity contribution in [1.82, 2.24) is 0 Å². The summed E-state index contributed by atoms with van der Waals surface area (Å²) in [5.74, 6) is 4.51. The molecule has 0 aromatic carbocycles. The zero-order chi connectivity index (χ0) is 8.53. The molecule has 0 heterocycles. The Balaban J connectivity index is 2.89. The van der Waals surface area contributed by atoms with Crippen LogP contribution in [0, 0.1) is 5.92 Å². The Kier molecular flexibility index (Phi) is 9.28. The van der Waals surface area contributed by atoms with Crippen molar-refractivity contribution in [3.05, 3.63) is 0 Å². The number of hydrogen-bond acceptors (Lipinski definition) is 3. The highest BCUT2D eigenvalue weighted by atomic mass is 32.2. The molecule has 0 aliphatic rings. The van der Waals surface area contributed by atoms with Crippen LogP contribution in [0.4, 0.5) is 0 Å². The minimum atomic E-state index is 0.689. The van der Waals surface area contributed by atoms with Crippen LogP contribution in [0.2, 0.25) is 0 Å². The second-order valence-corrected chi connectivity index (χ2v) is 4.90. The van der Waals surface area contributed by atoms with Gasteiger partial charge in [0.15, 0.2) is 0 Å². The van der Waals surface area contributed by atoms with E-state index in [0.29, 0.717) is 5.92 Å². The molecule has 3 heteroatoms. The maximum atomic E-state index is 5.50. The summed E-state index contributed by atoms with van der Waals surface area (Å²) >= 11 is 3.96. The monoisotopic (exact) mass is 193 g/mol. The Labute approximate surface area is 78.9 Å². The molecule has 2 N–H and O–H groups in total. The van der Waals surface area contributed by atoms with E-state index >= 15 is 0 Å². The Hall–Kier alpha value is 0.660. The number of nitrogens with two attached hydrogens (primary N) is 1. The lowest BCUT2D eigenvalue weighted by atomic mass is 10.2. The van der Waals surface area contributed by atoms with Crippen LogP contribution in [0.25, 0.3) is 0 Å². The van der Waals surface area contributed by atoms with Crippen LogP contribution in [0.1, 0.15) is 13.3 Å². The quantitative estimate of drug-likeness (QED) is 0.627. The Morgan fingerprint density at radius 2 is 2.09 bits per heavy atom. The Morgan fingerprint density at radius 1 is 1.36 bits per heavy atom. The van der Waals surface area contributed by atoms with Crippen molar-refractivity contribution >= 4 is 23.5 Å². The van der Waals surface area contributed by atoms with Gasteiger partial charge in [-0.25, -0.2) is 0 Å². The van der Waals surface area contributed by atoms with E-state index in [1.54, 1.807) is 0 Å². The fourth-order valence-corrected chi connectivity index (χ4v) is 2.33. The number of rotatable bonds is 7. The van der Waals surface area contributed by atoms with Crippen LogP contribution in [0.3, 0.4) is 0 Å². The lowest BCUT2D eigenvalue weighted by Gasteiger charge is -2.06. The summed E-state index contributed by atoms with van der Waals surface area (Å²) in [5.41, 5.74) is 5.50. The normalized spacial score (nSPS) is 13.4. The van der Waals surface area contributed by atoms with E-state index in [9.17, 15) is 0 Å². The third kappa shape index (κ3) is 8.57. The predicted octanol–water partition coefficient (Wildman–Crippen LogP) is 2.07. The van der Waals surface area contributed by atoms with E-state index < -0.39 is 0 Å².